The highest BCUT2D eigenvalue weighted by Crippen LogP contribution is 2.30. The second-order valence-corrected chi connectivity index (χ2v) is 4.72. The quantitative estimate of drug-likeness (QED) is 0.881. The summed E-state index contributed by atoms with van der Waals surface area (Å²) in [4.78, 5) is 0. The fraction of sp³-hybridized carbons (Fsp3) is 0.267. The van der Waals surface area contributed by atoms with Crippen LogP contribution in [0.3, 0.4) is 0 Å². The third kappa shape index (κ3) is 3.53. The Labute approximate surface area is 122 Å². The minimum absolute atomic E-state index is 0.0817. The SMILES string of the molecule is N#Cc1ccc(Cl)cc1OC(CCCO)c1ccoc1. The van der Waals surface area contributed by atoms with Gasteiger partial charge in [-0.25, -0.2) is 0 Å². The molecule has 0 amide bonds. The van der Waals surface area contributed by atoms with Gasteiger partial charge in [0.15, 0.2) is 0 Å². The molecule has 0 aliphatic carbocycles. The molecule has 0 aliphatic rings. The molecule has 1 heterocycles. The van der Waals surface area contributed by atoms with Crippen molar-refractivity contribution >= 4 is 11.6 Å². The smallest absolute Gasteiger partial charge is 0.139 e. The van der Waals surface area contributed by atoms with Crippen LogP contribution in [0.5, 0.6) is 5.75 Å². The lowest BCUT2D eigenvalue weighted by Crippen LogP contribution is -2.08. The number of aliphatic hydroxyl groups is 1. The Kier molecular flexibility index (Phi) is 5.05. The van der Waals surface area contributed by atoms with E-state index in [0.717, 1.165) is 5.56 Å². The first-order valence-corrected chi connectivity index (χ1v) is 6.61. The Balaban J connectivity index is 2.24. The molecule has 0 bridgehead atoms. The van der Waals surface area contributed by atoms with E-state index in [1.165, 1.54) is 0 Å². The number of rotatable bonds is 6. The van der Waals surface area contributed by atoms with Gasteiger partial charge in [0, 0.05) is 23.3 Å². The van der Waals surface area contributed by atoms with Crippen molar-refractivity contribution in [1.82, 2.24) is 0 Å². The number of nitrogens with zero attached hydrogens (tertiary/aromatic N) is 1. The number of aliphatic hydroxyl groups excluding tert-OH is 1. The zero-order chi connectivity index (χ0) is 14.4. The fourth-order valence-electron chi connectivity index (χ4n) is 1.87. The van der Waals surface area contributed by atoms with Crippen LogP contribution < -0.4 is 4.74 Å². The standard InChI is InChI=1S/C15H14ClNO3/c16-13-4-3-11(9-17)15(8-13)20-14(2-1-6-18)12-5-7-19-10-12/h3-5,7-8,10,14,18H,1-2,6H2. The van der Waals surface area contributed by atoms with Crippen LogP contribution >= 0.6 is 11.6 Å². The first kappa shape index (κ1) is 14.4. The number of benzene rings is 1. The van der Waals surface area contributed by atoms with E-state index in [2.05, 4.69) is 6.07 Å². The van der Waals surface area contributed by atoms with Crippen molar-refractivity contribution in [1.29, 1.82) is 5.26 Å². The van der Waals surface area contributed by atoms with Crippen LogP contribution in [-0.4, -0.2) is 11.7 Å². The lowest BCUT2D eigenvalue weighted by atomic mass is 10.1. The predicted molar refractivity (Wildman–Crippen MR) is 74.6 cm³/mol. The van der Waals surface area contributed by atoms with Crippen LogP contribution in [0.15, 0.2) is 41.2 Å². The lowest BCUT2D eigenvalue weighted by molar-refractivity contribution is 0.174. The van der Waals surface area contributed by atoms with Gasteiger partial charge in [-0.1, -0.05) is 11.6 Å². The topological polar surface area (TPSA) is 66.4 Å². The summed E-state index contributed by atoms with van der Waals surface area (Å²) in [5.74, 6) is 0.434. The highest BCUT2D eigenvalue weighted by Gasteiger charge is 2.16. The maximum absolute atomic E-state index is 9.10. The van der Waals surface area contributed by atoms with Crippen molar-refractivity contribution in [2.45, 2.75) is 18.9 Å². The molecular formula is C15H14ClNO3. The van der Waals surface area contributed by atoms with Crippen LogP contribution in [-0.2, 0) is 0 Å². The number of furan rings is 1. The molecule has 0 spiro atoms. The Morgan fingerprint density at radius 3 is 2.90 bits per heavy atom. The fourth-order valence-corrected chi connectivity index (χ4v) is 2.03. The molecule has 4 nitrogen and oxygen atoms in total. The van der Waals surface area contributed by atoms with Crippen molar-refractivity contribution in [3.8, 4) is 11.8 Å². The van der Waals surface area contributed by atoms with E-state index in [0.29, 0.717) is 29.2 Å². The molecule has 1 unspecified atom stereocenters. The summed E-state index contributed by atoms with van der Waals surface area (Å²) in [6.07, 6.45) is 4.09. The van der Waals surface area contributed by atoms with Crippen molar-refractivity contribution in [2.24, 2.45) is 0 Å². The molecule has 104 valence electrons. The molecule has 20 heavy (non-hydrogen) atoms. The third-order valence-electron chi connectivity index (χ3n) is 2.87. The van der Waals surface area contributed by atoms with Gasteiger partial charge in [-0.05, 0) is 31.0 Å². The van der Waals surface area contributed by atoms with Gasteiger partial charge >= 0.3 is 0 Å². The highest BCUT2D eigenvalue weighted by molar-refractivity contribution is 6.30. The van der Waals surface area contributed by atoms with Gasteiger partial charge < -0.3 is 14.3 Å². The maximum atomic E-state index is 9.10. The number of nitriles is 1. The molecule has 1 aromatic carbocycles. The van der Waals surface area contributed by atoms with Gasteiger partial charge in [0.25, 0.3) is 0 Å². The highest BCUT2D eigenvalue weighted by atomic mass is 35.5. The van der Waals surface area contributed by atoms with Gasteiger partial charge in [-0.15, -0.1) is 0 Å². The van der Waals surface area contributed by atoms with Gasteiger partial charge in [-0.3, -0.25) is 0 Å². The molecule has 0 saturated carbocycles. The van der Waals surface area contributed by atoms with Gasteiger partial charge in [0.2, 0.25) is 0 Å². The zero-order valence-electron chi connectivity index (χ0n) is 10.8. The molecule has 1 atom stereocenters. The number of ether oxygens (including phenoxy) is 1. The summed E-state index contributed by atoms with van der Waals surface area (Å²) in [6.45, 7) is 0.0817. The minimum atomic E-state index is -0.286. The largest absolute Gasteiger partial charge is 0.484 e. The predicted octanol–water partition coefficient (Wildman–Crippen LogP) is 3.70. The molecule has 5 heteroatoms. The average molecular weight is 292 g/mol. The molecular weight excluding hydrogens is 278 g/mol. The first-order chi connectivity index (χ1) is 9.74. The monoisotopic (exact) mass is 291 g/mol. The zero-order valence-corrected chi connectivity index (χ0v) is 11.5. The number of hydrogen-bond acceptors (Lipinski definition) is 4. The summed E-state index contributed by atoms with van der Waals surface area (Å²) < 4.78 is 10.9. The van der Waals surface area contributed by atoms with Crippen LogP contribution in [0, 0.1) is 11.3 Å². The van der Waals surface area contributed by atoms with E-state index < -0.39 is 0 Å². The second-order valence-electron chi connectivity index (χ2n) is 4.28. The molecule has 1 aromatic heterocycles. The van der Waals surface area contributed by atoms with E-state index >= 15 is 0 Å². The maximum Gasteiger partial charge on any atom is 0.139 e. The van der Waals surface area contributed by atoms with Crippen LogP contribution in [0.4, 0.5) is 0 Å². The lowest BCUT2D eigenvalue weighted by Gasteiger charge is -2.18. The van der Waals surface area contributed by atoms with Gasteiger partial charge in [-0.2, -0.15) is 5.26 Å². The van der Waals surface area contributed by atoms with Crippen LogP contribution in [0.2, 0.25) is 5.02 Å². The average Bonchev–Trinajstić information content (AvgIpc) is 2.97. The van der Waals surface area contributed by atoms with Crippen molar-refractivity contribution in [3.63, 3.8) is 0 Å². The van der Waals surface area contributed by atoms with E-state index in [4.69, 9.17) is 31.1 Å². The van der Waals surface area contributed by atoms with Gasteiger partial charge in [0.05, 0.1) is 18.1 Å². The second kappa shape index (κ2) is 6.99. The molecule has 0 radical (unpaired) electrons. The van der Waals surface area contributed by atoms with Crippen LogP contribution in [0.1, 0.15) is 30.1 Å². The summed E-state index contributed by atoms with van der Waals surface area (Å²) in [5, 5.41) is 18.6. The summed E-state index contributed by atoms with van der Waals surface area (Å²) in [6, 6.07) is 8.76. The normalized spacial score (nSPS) is 11.8. The Hall–Kier alpha value is -1.96. The Morgan fingerprint density at radius 2 is 2.25 bits per heavy atom. The molecule has 2 rings (SSSR count). The summed E-state index contributed by atoms with van der Waals surface area (Å²) in [7, 11) is 0. The molecule has 0 saturated heterocycles. The van der Waals surface area contributed by atoms with Crippen molar-refractivity contribution in [3.05, 3.63) is 52.9 Å². The third-order valence-corrected chi connectivity index (χ3v) is 3.11. The van der Waals surface area contributed by atoms with E-state index in [9.17, 15) is 0 Å². The van der Waals surface area contributed by atoms with Crippen molar-refractivity contribution < 1.29 is 14.3 Å². The number of hydrogen-bond donors (Lipinski definition) is 1. The Bertz CT molecular complexity index is 590. The van der Waals surface area contributed by atoms with E-state index in [-0.39, 0.29) is 12.7 Å². The minimum Gasteiger partial charge on any atom is -0.484 e. The number of halogens is 1. The van der Waals surface area contributed by atoms with E-state index in [1.54, 1.807) is 36.8 Å². The first-order valence-electron chi connectivity index (χ1n) is 6.24. The molecule has 2 aromatic rings. The van der Waals surface area contributed by atoms with Crippen molar-refractivity contribution in [2.75, 3.05) is 6.61 Å². The summed E-state index contributed by atoms with van der Waals surface area (Å²) in [5.41, 5.74) is 1.29. The van der Waals surface area contributed by atoms with Crippen LogP contribution in [0.25, 0.3) is 0 Å². The summed E-state index contributed by atoms with van der Waals surface area (Å²) >= 11 is 5.94. The molecule has 0 aliphatic heterocycles. The Morgan fingerprint density at radius 1 is 1.40 bits per heavy atom. The van der Waals surface area contributed by atoms with E-state index in [1.807, 2.05) is 0 Å². The molecule has 1 N–H and O–H groups in total. The van der Waals surface area contributed by atoms with Gasteiger partial charge in [0.1, 0.15) is 17.9 Å². The molecule has 0 fully saturated rings.